The fourth-order valence-electron chi connectivity index (χ4n) is 1.44. The summed E-state index contributed by atoms with van der Waals surface area (Å²) >= 11 is 0. The number of methoxy groups -OCH3 is 1. The zero-order chi connectivity index (χ0) is 13.4. The fraction of sp³-hybridized carbons (Fsp3) is 0.429. The van der Waals surface area contributed by atoms with Gasteiger partial charge >= 0.3 is 0 Å². The highest BCUT2D eigenvalue weighted by atomic mass is 16.5. The van der Waals surface area contributed by atoms with Gasteiger partial charge in [0.2, 0.25) is 0 Å². The van der Waals surface area contributed by atoms with Gasteiger partial charge in [-0.3, -0.25) is 4.79 Å². The smallest absolute Gasteiger partial charge is 0.195 e. The molecule has 0 saturated heterocycles. The van der Waals surface area contributed by atoms with E-state index in [9.17, 15) is 9.59 Å². The Bertz CT molecular complexity index is 395. The lowest BCUT2D eigenvalue weighted by atomic mass is 10.1. The first-order chi connectivity index (χ1) is 8.61. The minimum Gasteiger partial charge on any atom is -0.486 e. The predicted molar refractivity (Wildman–Crippen MR) is 67.8 cm³/mol. The van der Waals surface area contributed by atoms with Crippen molar-refractivity contribution in [2.45, 2.75) is 19.8 Å². The standard InChI is InChI=1S/C14H18O4/c1-11(15)3-4-12-5-7-14(8-6-12)18-10-13(16)9-17-2/h5-8H,3-4,9-10H2,1-2H3. The highest BCUT2D eigenvalue weighted by Gasteiger charge is 2.02. The van der Waals surface area contributed by atoms with Crippen molar-refractivity contribution < 1.29 is 19.1 Å². The molecule has 0 aliphatic carbocycles. The lowest BCUT2D eigenvalue weighted by Gasteiger charge is -2.06. The quantitative estimate of drug-likeness (QED) is 0.706. The van der Waals surface area contributed by atoms with E-state index < -0.39 is 0 Å². The summed E-state index contributed by atoms with van der Waals surface area (Å²) in [5, 5.41) is 0. The van der Waals surface area contributed by atoms with Crippen molar-refractivity contribution in [1.29, 1.82) is 0 Å². The summed E-state index contributed by atoms with van der Waals surface area (Å²) in [6, 6.07) is 7.41. The number of benzene rings is 1. The van der Waals surface area contributed by atoms with Crippen LogP contribution in [0.5, 0.6) is 5.75 Å². The third-order valence-electron chi connectivity index (χ3n) is 2.39. The van der Waals surface area contributed by atoms with Gasteiger partial charge in [0.25, 0.3) is 0 Å². The molecule has 0 radical (unpaired) electrons. The van der Waals surface area contributed by atoms with E-state index in [1.54, 1.807) is 19.1 Å². The van der Waals surface area contributed by atoms with Crippen molar-refractivity contribution in [3.8, 4) is 5.75 Å². The summed E-state index contributed by atoms with van der Waals surface area (Å²) in [5.74, 6) is 0.727. The van der Waals surface area contributed by atoms with E-state index in [4.69, 9.17) is 9.47 Å². The van der Waals surface area contributed by atoms with Crippen molar-refractivity contribution in [2.24, 2.45) is 0 Å². The monoisotopic (exact) mass is 250 g/mol. The van der Waals surface area contributed by atoms with Crippen molar-refractivity contribution in [3.63, 3.8) is 0 Å². The number of ether oxygens (including phenoxy) is 2. The van der Waals surface area contributed by atoms with Gasteiger partial charge < -0.3 is 14.3 Å². The summed E-state index contributed by atoms with van der Waals surface area (Å²) in [5.41, 5.74) is 1.08. The van der Waals surface area contributed by atoms with Gasteiger partial charge in [-0.2, -0.15) is 0 Å². The summed E-state index contributed by atoms with van der Waals surface area (Å²) in [6.45, 7) is 1.66. The lowest BCUT2D eigenvalue weighted by Crippen LogP contribution is -2.16. The molecule has 0 atom stereocenters. The molecule has 98 valence electrons. The number of carbonyl (C=O) groups excluding carboxylic acids is 2. The van der Waals surface area contributed by atoms with Crippen molar-refractivity contribution in [2.75, 3.05) is 20.3 Å². The van der Waals surface area contributed by atoms with Gasteiger partial charge in [0, 0.05) is 13.5 Å². The number of aryl methyl sites for hydroxylation is 1. The largest absolute Gasteiger partial charge is 0.486 e. The molecule has 0 aliphatic rings. The van der Waals surface area contributed by atoms with Crippen LogP contribution in [0.25, 0.3) is 0 Å². The van der Waals surface area contributed by atoms with Gasteiger partial charge in [0.15, 0.2) is 5.78 Å². The summed E-state index contributed by atoms with van der Waals surface area (Å²) in [7, 11) is 1.47. The van der Waals surface area contributed by atoms with Crippen LogP contribution in [0.1, 0.15) is 18.9 Å². The van der Waals surface area contributed by atoms with Crippen LogP contribution in [-0.2, 0) is 20.7 Å². The Balaban J connectivity index is 2.40. The van der Waals surface area contributed by atoms with Crippen LogP contribution in [0.4, 0.5) is 0 Å². The van der Waals surface area contributed by atoms with E-state index >= 15 is 0 Å². The topological polar surface area (TPSA) is 52.6 Å². The van der Waals surface area contributed by atoms with Crippen LogP contribution in [0.3, 0.4) is 0 Å². The SMILES string of the molecule is COCC(=O)COc1ccc(CCC(C)=O)cc1. The van der Waals surface area contributed by atoms with Gasteiger partial charge in [0.05, 0.1) is 0 Å². The van der Waals surface area contributed by atoms with Crippen LogP contribution in [0, 0.1) is 0 Å². The van der Waals surface area contributed by atoms with Crippen LogP contribution in [0.15, 0.2) is 24.3 Å². The average molecular weight is 250 g/mol. The third kappa shape index (κ3) is 5.59. The molecule has 0 unspecified atom stereocenters. The second-order valence-electron chi connectivity index (χ2n) is 4.11. The molecule has 0 saturated carbocycles. The van der Waals surface area contributed by atoms with E-state index in [0.717, 1.165) is 12.0 Å². The van der Waals surface area contributed by atoms with Crippen molar-refractivity contribution in [3.05, 3.63) is 29.8 Å². The molecule has 1 aromatic rings. The maximum Gasteiger partial charge on any atom is 0.195 e. The van der Waals surface area contributed by atoms with Gasteiger partial charge in [0.1, 0.15) is 24.7 Å². The Morgan fingerprint density at radius 2 is 1.78 bits per heavy atom. The minimum absolute atomic E-state index is 0.0145. The maximum absolute atomic E-state index is 11.2. The first-order valence-corrected chi connectivity index (χ1v) is 5.83. The minimum atomic E-state index is -0.0989. The number of hydrogen-bond acceptors (Lipinski definition) is 4. The van der Waals surface area contributed by atoms with Crippen LogP contribution >= 0.6 is 0 Å². The number of Topliss-reactive ketones (excluding diaryl/α,β-unsaturated/α-hetero) is 2. The van der Waals surface area contributed by atoms with Crippen molar-refractivity contribution in [1.82, 2.24) is 0 Å². The van der Waals surface area contributed by atoms with Gasteiger partial charge in [-0.15, -0.1) is 0 Å². The molecule has 0 heterocycles. The average Bonchev–Trinajstić information content (AvgIpc) is 2.35. The number of carbonyl (C=O) groups is 2. The lowest BCUT2D eigenvalue weighted by molar-refractivity contribution is -0.124. The first-order valence-electron chi connectivity index (χ1n) is 5.83. The third-order valence-corrected chi connectivity index (χ3v) is 2.39. The van der Waals surface area contributed by atoms with Gasteiger partial charge in [-0.25, -0.2) is 0 Å². The molecule has 0 aliphatic heterocycles. The Morgan fingerprint density at radius 1 is 1.11 bits per heavy atom. The van der Waals surface area contributed by atoms with E-state index in [-0.39, 0.29) is 24.8 Å². The number of rotatable bonds is 8. The first kappa shape index (κ1) is 14.4. The Hall–Kier alpha value is -1.68. The highest BCUT2D eigenvalue weighted by molar-refractivity contribution is 5.81. The second-order valence-corrected chi connectivity index (χ2v) is 4.11. The molecular formula is C14H18O4. The zero-order valence-corrected chi connectivity index (χ0v) is 10.8. The molecule has 0 spiro atoms. The number of hydrogen-bond donors (Lipinski definition) is 0. The van der Waals surface area contributed by atoms with Gasteiger partial charge in [-0.1, -0.05) is 12.1 Å². The number of ketones is 2. The van der Waals surface area contributed by atoms with Crippen molar-refractivity contribution >= 4 is 11.6 Å². The molecule has 4 heteroatoms. The van der Waals surface area contributed by atoms with E-state index in [0.29, 0.717) is 12.2 Å². The molecule has 0 aromatic heterocycles. The maximum atomic E-state index is 11.2. The summed E-state index contributed by atoms with van der Waals surface area (Å²) < 4.78 is 10.0. The normalized spacial score (nSPS) is 10.1. The summed E-state index contributed by atoms with van der Waals surface area (Å²) in [4.78, 5) is 22.0. The Kier molecular flexibility index (Phi) is 6.08. The Labute approximate surface area is 107 Å². The molecule has 0 amide bonds. The van der Waals surface area contributed by atoms with Crippen LogP contribution in [0.2, 0.25) is 0 Å². The molecule has 18 heavy (non-hydrogen) atoms. The molecule has 0 fully saturated rings. The zero-order valence-electron chi connectivity index (χ0n) is 10.8. The highest BCUT2D eigenvalue weighted by Crippen LogP contribution is 2.13. The van der Waals surface area contributed by atoms with Gasteiger partial charge in [-0.05, 0) is 31.0 Å². The molecule has 0 N–H and O–H groups in total. The van der Waals surface area contributed by atoms with Crippen LogP contribution in [-0.4, -0.2) is 31.9 Å². The van der Waals surface area contributed by atoms with E-state index in [1.165, 1.54) is 7.11 Å². The van der Waals surface area contributed by atoms with E-state index in [1.807, 2.05) is 12.1 Å². The molecule has 1 rings (SSSR count). The second kappa shape index (κ2) is 7.61. The molecule has 0 bridgehead atoms. The fourth-order valence-corrected chi connectivity index (χ4v) is 1.44. The Morgan fingerprint density at radius 3 is 2.33 bits per heavy atom. The van der Waals surface area contributed by atoms with E-state index in [2.05, 4.69) is 0 Å². The summed E-state index contributed by atoms with van der Waals surface area (Å²) in [6.07, 6.45) is 1.28. The molecule has 4 nitrogen and oxygen atoms in total. The molecule has 1 aromatic carbocycles. The van der Waals surface area contributed by atoms with Crippen LogP contribution < -0.4 is 4.74 Å². The molecular weight excluding hydrogens is 232 g/mol. The predicted octanol–water partition coefficient (Wildman–Crippen LogP) is 1.80.